The van der Waals surface area contributed by atoms with Gasteiger partial charge in [-0.3, -0.25) is 16.6 Å². The van der Waals surface area contributed by atoms with Crippen molar-refractivity contribution in [2.24, 2.45) is 17.6 Å². The maximum Gasteiger partial charge on any atom is 0.331 e. The first-order chi connectivity index (χ1) is 11.7. The molecule has 1 radical (unpaired) electrons. The first-order valence-electron chi connectivity index (χ1n) is 8.08. The van der Waals surface area contributed by atoms with Crippen LogP contribution in [0.2, 0.25) is 0 Å². The van der Waals surface area contributed by atoms with Gasteiger partial charge in [-0.25, -0.2) is 4.79 Å². The summed E-state index contributed by atoms with van der Waals surface area (Å²) in [5.74, 6) is -2.46. The van der Waals surface area contributed by atoms with E-state index in [-0.39, 0.29) is 62.9 Å². The number of carbonyl (C=O) groups is 2. The molecule has 0 heterocycles. The molecule has 7 N–H and O–H groups in total. The SMILES string of the molecule is CC(=O)N[C@@H]1[C@@H](CC(=N)N)C=C(C(=O)O)C[C@H]1[CH-][C@H](O)CO.C[CH-]C.[Y]. The Morgan fingerprint density at radius 1 is 1.46 bits per heavy atom. The van der Waals surface area contributed by atoms with E-state index in [1.807, 2.05) is 20.3 Å². The summed E-state index contributed by atoms with van der Waals surface area (Å²) in [4.78, 5) is 22.6. The third-order valence-corrected chi connectivity index (χ3v) is 3.55. The van der Waals surface area contributed by atoms with Gasteiger partial charge < -0.3 is 32.8 Å². The van der Waals surface area contributed by atoms with E-state index in [1.165, 1.54) is 19.4 Å². The number of carboxylic acid groups (broad SMARTS) is 1. The van der Waals surface area contributed by atoms with E-state index < -0.39 is 36.6 Å². The minimum Gasteiger partial charge on any atom is -0.478 e. The first kappa shape index (κ1) is 27.4. The summed E-state index contributed by atoms with van der Waals surface area (Å²) in [6, 6.07) is -0.495. The third kappa shape index (κ3) is 10.4. The summed E-state index contributed by atoms with van der Waals surface area (Å²) in [5.41, 5.74) is 5.54. The number of hydrogen-bond acceptors (Lipinski definition) is 5. The fourth-order valence-corrected chi connectivity index (χ4v) is 2.71. The maximum absolute atomic E-state index is 11.4. The van der Waals surface area contributed by atoms with Gasteiger partial charge >= 0.3 is 5.97 Å². The number of amidine groups is 1. The molecule has 0 aromatic carbocycles. The number of aliphatic carboxylic acids is 1. The zero-order valence-electron chi connectivity index (χ0n) is 15.5. The van der Waals surface area contributed by atoms with Crippen molar-refractivity contribution in [1.82, 2.24) is 5.32 Å². The van der Waals surface area contributed by atoms with E-state index in [0.29, 0.717) is 0 Å². The summed E-state index contributed by atoms with van der Waals surface area (Å²) in [7, 11) is 0. The Balaban J connectivity index is 0. The summed E-state index contributed by atoms with van der Waals surface area (Å²) < 4.78 is 0. The molecule has 0 saturated heterocycles. The Morgan fingerprint density at radius 3 is 2.38 bits per heavy atom. The fourth-order valence-electron chi connectivity index (χ4n) is 2.71. The van der Waals surface area contributed by atoms with Crippen molar-refractivity contribution < 1.29 is 57.6 Å². The summed E-state index contributed by atoms with van der Waals surface area (Å²) in [6.07, 6.45) is 4.02. The molecule has 0 saturated carbocycles. The topological polar surface area (TPSA) is 157 Å². The van der Waals surface area contributed by atoms with Gasteiger partial charge in [-0.05, 0) is 12.5 Å². The zero-order chi connectivity index (χ0) is 19.6. The van der Waals surface area contributed by atoms with E-state index in [0.717, 1.165) is 0 Å². The molecule has 0 aliphatic heterocycles. The molecule has 0 bridgehead atoms. The Morgan fingerprint density at radius 2 is 2.00 bits per heavy atom. The molecular formula is C17H29N3O5Y-2. The summed E-state index contributed by atoms with van der Waals surface area (Å²) in [5, 5.41) is 37.9. The number of nitrogens with two attached hydrogens (primary N) is 1. The molecule has 0 spiro atoms. The zero-order valence-corrected chi connectivity index (χ0v) is 18.3. The second-order valence-corrected chi connectivity index (χ2v) is 6.00. The Labute approximate surface area is 180 Å². The van der Waals surface area contributed by atoms with Gasteiger partial charge in [-0.2, -0.15) is 13.8 Å². The molecule has 9 heteroatoms. The van der Waals surface area contributed by atoms with Crippen LogP contribution in [0.5, 0.6) is 0 Å². The molecule has 147 valence electrons. The van der Waals surface area contributed by atoms with Gasteiger partial charge in [0.15, 0.2) is 0 Å². The van der Waals surface area contributed by atoms with Crippen molar-refractivity contribution in [2.75, 3.05) is 6.61 Å². The average Bonchev–Trinajstić information content (AvgIpc) is 2.49. The second kappa shape index (κ2) is 14.3. The minimum absolute atomic E-state index is 0. The van der Waals surface area contributed by atoms with Crippen molar-refractivity contribution in [1.29, 1.82) is 5.41 Å². The van der Waals surface area contributed by atoms with Crippen LogP contribution >= 0.6 is 0 Å². The Bertz CT molecular complexity index is 499. The molecule has 1 amide bonds. The molecule has 8 nitrogen and oxygen atoms in total. The summed E-state index contributed by atoms with van der Waals surface area (Å²) in [6.45, 7) is 4.84. The molecule has 1 aliphatic carbocycles. The molecule has 4 atom stereocenters. The van der Waals surface area contributed by atoms with E-state index in [1.54, 1.807) is 0 Å². The van der Waals surface area contributed by atoms with Gasteiger partial charge in [0.2, 0.25) is 5.91 Å². The van der Waals surface area contributed by atoms with Crippen molar-refractivity contribution >= 4 is 17.7 Å². The van der Waals surface area contributed by atoms with Crippen LogP contribution < -0.4 is 11.1 Å². The molecule has 0 aromatic rings. The van der Waals surface area contributed by atoms with Gasteiger partial charge in [0.1, 0.15) is 0 Å². The predicted octanol–water partition coefficient (Wildman–Crippen LogP) is 0.250. The summed E-state index contributed by atoms with van der Waals surface area (Å²) >= 11 is 0. The molecule has 1 aliphatic rings. The average molecular weight is 444 g/mol. The number of carbonyl (C=O) groups excluding carboxylic acids is 1. The van der Waals surface area contributed by atoms with Crippen LogP contribution in [0.15, 0.2) is 11.6 Å². The fraction of sp³-hybridized carbons (Fsp3) is 0.588. The molecule has 0 unspecified atom stereocenters. The quantitative estimate of drug-likeness (QED) is 0.188. The molecule has 0 fully saturated rings. The molecule has 26 heavy (non-hydrogen) atoms. The standard InChI is InChI=1S/C14H22N3O5.C3H7.Y/c1-7(19)17-13-8(4-11(20)6-18)2-10(14(21)22)3-9(13)5-12(15)16;1-3-2;/h3-4,8-9,11,13,18,20H,2,5-6H2,1H3,(H3,15,16)(H,17,19)(H,21,22);3H,1-2H3;/q2*-1;/t8-,9+,11-,13-;;/m0../s1. The molecule has 0 aromatic heterocycles. The third-order valence-electron chi connectivity index (χ3n) is 3.55. The van der Waals surface area contributed by atoms with Crippen LogP contribution in [-0.4, -0.2) is 51.8 Å². The van der Waals surface area contributed by atoms with Crippen LogP contribution in [-0.2, 0) is 42.3 Å². The van der Waals surface area contributed by atoms with Gasteiger partial charge in [0.05, 0.1) is 5.84 Å². The number of amides is 1. The van der Waals surface area contributed by atoms with E-state index >= 15 is 0 Å². The number of rotatable bonds is 7. The van der Waals surface area contributed by atoms with Crippen LogP contribution in [0, 0.1) is 30.1 Å². The van der Waals surface area contributed by atoms with Crippen LogP contribution in [0.3, 0.4) is 0 Å². The minimum atomic E-state index is -1.12. The van der Waals surface area contributed by atoms with Crippen molar-refractivity contribution in [3.8, 4) is 0 Å². The first-order valence-corrected chi connectivity index (χ1v) is 8.08. The number of aliphatic hydroxyl groups excluding tert-OH is 2. The van der Waals surface area contributed by atoms with E-state index in [9.17, 15) is 19.8 Å². The van der Waals surface area contributed by atoms with Gasteiger partial charge in [-0.15, -0.1) is 5.92 Å². The van der Waals surface area contributed by atoms with Gasteiger partial charge in [0, 0.05) is 70.2 Å². The Hall–Kier alpha value is -0.826. The number of nitrogens with one attached hydrogen (secondary N) is 2. The van der Waals surface area contributed by atoms with Gasteiger partial charge in [0.25, 0.3) is 0 Å². The molecule has 1 rings (SSSR count). The van der Waals surface area contributed by atoms with Crippen LogP contribution in [0.1, 0.15) is 33.6 Å². The number of aliphatic hydroxyl groups is 2. The predicted molar refractivity (Wildman–Crippen MR) is 94.5 cm³/mol. The van der Waals surface area contributed by atoms with Crippen molar-refractivity contribution in [2.45, 2.75) is 45.8 Å². The van der Waals surface area contributed by atoms with E-state index in [2.05, 4.69) is 5.32 Å². The normalized spacial score (nSPS) is 22.7. The Kier molecular flexibility index (Phi) is 15.0. The maximum atomic E-state index is 11.4. The largest absolute Gasteiger partial charge is 0.478 e. The monoisotopic (exact) mass is 444 g/mol. The second-order valence-electron chi connectivity index (χ2n) is 6.00. The van der Waals surface area contributed by atoms with Crippen molar-refractivity contribution in [3.05, 3.63) is 24.5 Å². The van der Waals surface area contributed by atoms with Crippen LogP contribution in [0.25, 0.3) is 0 Å². The smallest absolute Gasteiger partial charge is 0.331 e. The van der Waals surface area contributed by atoms with E-state index in [4.69, 9.17) is 16.2 Å². The van der Waals surface area contributed by atoms with Crippen LogP contribution in [0.4, 0.5) is 0 Å². The molecular weight excluding hydrogens is 415 g/mol. The number of carboxylic acids is 1. The number of hydrogen-bond donors (Lipinski definition) is 6. The van der Waals surface area contributed by atoms with Gasteiger partial charge in [-0.1, -0.05) is 6.08 Å². The van der Waals surface area contributed by atoms with Crippen molar-refractivity contribution in [3.63, 3.8) is 0 Å².